The zero-order valence-electron chi connectivity index (χ0n) is 21.8. The first kappa shape index (κ1) is 27.4. The van der Waals surface area contributed by atoms with E-state index in [0.717, 1.165) is 61.5 Å². The van der Waals surface area contributed by atoms with Gasteiger partial charge in [0.15, 0.2) is 0 Å². The number of piperidine rings is 2. The number of nitrogens with zero attached hydrogens (tertiary/aromatic N) is 3. The minimum absolute atomic E-state index is 0.0763. The van der Waals surface area contributed by atoms with Crippen molar-refractivity contribution < 1.29 is 18.4 Å². The molecule has 0 spiro atoms. The molecule has 2 aliphatic rings. The SMILES string of the molecule is Cc1cccc(-c2cnccc2C(=O)NC2CCN(C3CCN(C(=O)c4cc(Br)c(F)cc4F)CC3)CC2)c1. The Morgan fingerprint density at radius 3 is 2.41 bits per heavy atom. The van der Waals surface area contributed by atoms with Gasteiger partial charge in [-0.25, -0.2) is 8.78 Å². The highest BCUT2D eigenvalue weighted by molar-refractivity contribution is 9.10. The first-order valence-corrected chi connectivity index (χ1v) is 14.1. The molecule has 5 rings (SSSR count). The molecule has 0 aliphatic carbocycles. The van der Waals surface area contributed by atoms with Crippen LogP contribution in [0.3, 0.4) is 0 Å². The van der Waals surface area contributed by atoms with Gasteiger partial charge in [-0.15, -0.1) is 0 Å². The van der Waals surface area contributed by atoms with Crippen LogP contribution in [0.1, 0.15) is 52.0 Å². The topological polar surface area (TPSA) is 65.5 Å². The van der Waals surface area contributed by atoms with E-state index >= 15 is 0 Å². The van der Waals surface area contributed by atoms with Crippen molar-refractivity contribution in [2.45, 2.75) is 44.7 Å². The van der Waals surface area contributed by atoms with Crippen LogP contribution in [0.25, 0.3) is 11.1 Å². The monoisotopic (exact) mass is 596 g/mol. The number of nitrogens with one attached hydrogen (secondary N) is 1. The van der Waals surface area contributed by atoms with Crippen molar-refractivity contribution in [3.05, 3.63) is 87.7 Å². The van der Waals surface area contributed by atoms with Crippen molar-refractivity contribution in [3.63, 3.8) is 0 Å². The number of rotatable bonds is 5. The van der Waals surface area contributed by atoms with Crippen LogP contribution in [0.2, 0.25) is 0 Å². The van der Waals surface area contributed by atoms with Gasteiger partial charge in [0.2, 0.25) is 0 Å². The Morgan fingerprint density at radius 1 is 0.949 bits per heavy atom. The Balaban J connectivity index is 1.13. The summed E-state index contributed by atoms with van der Waals surface area (Å²) in [5.41, 5.74) is 3.44. The largest absolute Gasteiger partial charge is 0.349 e. The van der Waals surface area contributed by atoms with Gasteiger partial charge < -0.3 is 15.1 Å². The van der Waals surface area contributed by atoms with Gasteiger partial charge in [0, 0.05) is 62.3 Å². The molecule has 0 saturated carbocycles. The second-order valence-corrected chi connectivity index (χ2v) is 11.2. The minimum atomic E-state index is -0.843. The predicted octanol–water partition coefficient (Wildman–Crippen LogP) is 5.60. The smallest absolute Gasteiger partial charge is 0.256 e. The second-order valence-electron chi connectivity index (χ2n) is 10.3. The molecule has 2 aromatic carbocycles. The van der Waals surface area contributed by atoms with Gasteiger partial charge >= 0.3 is 0 Å². The molecule has 3 heterocycles. The lowest BCUT2D eigenvalue weighted by atomic mass is 9.96. The Bertz CT molecular complexity index is 1370. The number of likely N-dealkylation sites (tertiary alicyclic amines) is 2. The number of benzene rings is 2. The molecule has 1 aromatic heterocycles. The standard InChI is InChI=1S/C30H31BrF2N4O2/c1-19-3-2-4-20(15-19)25-18-34-10-5-23(25)29(38)35-21-6-11-36(12-7-21)22-8-13-37(14-9-22)30(39)24-16-26(31)28(33)17-27(24)32/h2-5,10,15-18,21-22H,6-9,11-14H2,1H3,(H,35,38). The second kappa shape index (κ2) is 11.9. The van der Waals surface area contributed by atoms with Gasteiger partial charge in [-0.3, -0.25) is 14.6 Å². The van der Waals surface area contributed by atoms with Crippen LogP contribution in [0, 0.1) is 18.6 Å². The van der Waals surface area contributed by atoms with E-state index in [0.29, 0.717) is 24.7 Å². The summed E-state index contributed by atoms with van der Waals surface area (Å²) < 4.78 is 27.9. The summed E-state index contributed by atoms with van der Waals surface area (Å²) in [5, 5.41) is 3.23. The molecular formula is C30H31BrF2N4O2. The average Bonchev–Trinajstić information content (AvgIpc) is 2.95. The highest BCUT2D eigenvalue weighted by Crippen LogP contribution is 2.27. The molecule has 0 unspecified atom stereocenters. The number of pyridine rings is 1. The maximum atomic E-state index is 14.2. The van der Waals surface area contributed by atoms with Crippen LogP contribution < -0.4 is 5.32 Å². The molecule has 0 radical (unpaired) electrons. The van der Waals surface area contributed by atoms with E-state index in [1.54, 1.807) is 23.4 Å². The molecule has 0 bridgehead atoms. The summed E-state index contributed by atoms with van der Waals surface area (Å²) in [5.74, 6) is -2.06. The molecule has 2 fully saturated rings. The summed E-state index contributed by atoms with van der Waals surface area (Å²) in [6, 6.07) is 12.2. The fourth-order valence-corrected chi connectivity index (χ4v) is 5.94. The fraction of sp³-hybridized carbons (Fsp3) is 0.367. The first-order valence-electron chi connectivity index (χ1n) is 13.3. The number of amides is 2. The number of hydrogen-bond donors (Lipinski definition) is 1. The fourth-order valence-electron chi connectivity index (χ4n) is 5.60. The zero-order valence-corrected chi connectivity index (χ0v) is 23.4. The van der Waals surface area contributed by atoms with Crippen molar-refractivity contribution in [1.29, 1.82) is 0 Å². The van der Waals surface area contributed by atoms with Crippen LogP contribution >= 0.6 is 15.9 Å². The molecular weight excluding hydrogens is 566 g/mol. The number of aromatic nitrogens is 1. The molecule has 6 nitrogen and oxygen atoms in total. The Kier molecular flexibility index (Phi) is 8.37. The van der Waals surface area contributed by atoms with Crippen molar-refractivity contribution in [3.8, 4) is 11.1 Å². The maximum absolute atomic E-state index is 14.2. The lowest BCUT2D eigenvalue weighted by molar-refractivity contribution is 0.0562. The highest BCUT2D eigenvalue weighted by Gasteiger charge is 2.31. The van der Waals surface area contributed by atoms with Gasteiger partial charge in [0.1, 0.15) is 11.6 Å². The predicted molar refractivity (Wildman–Crippen MR) is 149 cm³/mol. The number of halogens is 3. The maximum Gasteiger partial charge on any atom is 0.256 e. The molecule has 3 aromatic rings. The molecule has 2 amide bonds. The summed E-state index contributed by atoms with van der Waals surface area (Å²) >= 11 is 3.04. The molecule has 9 heteroatoms. The molecule has 2 aliphatic heterocycles. The Labute approximate surface area is 235 Å². The van der Waals surface area contributed by atoms with Crippen LogP contribution in [0.5, 0.6) is 0 Å². The van der Waals surface area contributed by atoms with Crippen LogP contribution in [-0.2, 0) is 0 Å². The van der Waals surface area contributed by atoms with Crippen molar-refractivity contribution in [2.24, 2.45) is 0 Å². The molecule has 204 valence electrons. The van der Waals surface area contributed by atoms with E-state index in [1.165, 1.54) is 6.07 Å². The average molecular weight is 598 g/mol. The van der Waals surface area contributed by atoms with Gasteiger partial charge in [0.05, 0.1) is 15.6 Å². The normalized spacial score (nSPS) is 17.3. The number of carbonyl (C=O) groups is 2. The van der Waals surface area contributed by atoms with E-state index in [9.17, 15) is 18.4 Å². The van der Waals surface area contributed by atoms with E-state index in [4.69, 9.17) is 0 Å². The van der Waals surface area contributed by atoms with Gasteiger partial charge in [-0.05, 0) is 66.2 Å². The molecule has 39 heavy (non-hydrogen) atoms. The van der Waals surface area contributed by atoms with E-state index < -0.39 is 17.5 Å². The Hall–Kier alpha value is -3.17. The third-order valence-corrected chi connectivity index (χ3v) is 8.38. The van der Waals surface area contributed by atoms with Gasteiger partial charge in [-0.2, -0.15) is 0 Å². The van der Waals surface area contributed by atoms with Crippen molar-refractivity contribution >= 4 is 27.7 Å². The molecule has 0 atom stereocenters. The first-order chi connectivity index (χ1) is 18.8. The minimum Gasteiger partial charge on any atom is -0.349 e. The number of aryl methyl sites for hydroxylation is 1. The van der Waals surface area contributed by atoms with Crippen molar-refractivity contribution in [1.82, 2.24) is 20.1 Å². The summed E-state index contributed by atoms with van der Waals surface area (Å²) in [7, 11) is 0. The zero-order chi connectivity index (χ0) is 27.5. The van der Waals surface area contributed by atoms with Crippen LogP contribution in [0.15, 0.2) is 59.3 Å². The van der Waals surface area contributed by atoms with Crippen LogP contribution in [0.4, 0.5) is 8.78 Å². The Morgan fingerprint density at radius 2 is 1.69 bits per heavy atom. The lowest BCUT2D eigenvalue weighted by Crippen LogP contribution is -2.51. The van der Waals surface area contributed by atoms with Crippen molar-refractivity contribution in [2.75, 3.05) is 26.2 Å². The lowest BCUT2D eigenvalue weighted by Gasteiger charge is -2.42. The summed E-state index contributed by atoms with van der Waals surface area (Å²) in [4.78, 5) is 34.4. The number of hydrogen-bond acceptors (Lipinski definition) is 4. The highest BCUT2D eigenvalue weighted by atomic mass is 79.9. The molecule has 1 N–H and O–H groups in total. The number of carbonyl (C=O) groups excluding carboxylic acids is 2. The van der Waals surface area contributed by atoms with Gasteiger partial charge in [-0.1, -0.05) is 29.8 Å². The van der Waals surface area contributed by atoms with Crippen LogP contribution in [-0.4, -0.2) is 64.9 Å². The summed E-state index contributed by atoms with van der Waals surface area (Å²) in [6.45, 7) is 4.81. The molecule has 2 saturated heterocycles. The summed E-state index contributed by atoms with van der Waals surface area (Å²) in [6.07, 6.45) is 6.69. The third-order valence-electron chi connectivity index (χ3n) is 7.77. The third kappa shape index (κ3) is 6.20. The quantitative estimate of drug-likeness (QED) is 0.390. The van der Waals surface area contributed by atoms with Gasteiger partial charge in [0.25, 0.3) is 11.8 Å². The van der Waals surface area contributed by atoms with E-state index in [1.807, 2.05) is 25.1 Å². The van der Waals surface area contributed by atoms with E-state index in [-0.39, 0.29) is 22.0 Å². The van der Waals surface area contributed by atoms with E-state index in [2.05, 4.69) is 37.2 Å².